The number of rotatable bonds is 6. The number of hydrogen-bond donors (Lipinski definition) is 0. The van der Waals surface area contributed by atoms with E-state index in [0.29, 0.717) is 10.8 Å². The van der Waals surface area contributed by atoms with Gasteiger partial charge in [-0.2, -0.15) is 0 Å². The van der Waals surface area contributed by atoms with Crippen LogP contribution in [0.4, 0.5) is 0 Å². The third-order valence-corrected chi connectivity index (χ3v) is 9.15. The summed E-state index contributed by atoms with van der Waals surface area (Å²) in [7, 11) is 0. The number of hydrogen-bond acceptors (Lipinski definition) is 3. The molecule has 0 aliphatic heterocycles. The van der Waals surface area contributed by atoms with Gasteiger partial charge in [-0.3, -0.25) is 0 Å². The van der Waals surface area contributed by atoms with Gasteiger partial charge in [0, 0.05) is 0 Å². The van der Waals surface area contributed by atoms with E-state index in [4.69, 9.17) is 19.4 Å². The predicted octanol–water partition coefficient (Wildman–Crippen LogP) is 3.07. The summed E-state index contributed by atoms with van der Waals surface area (Å²) in [6.45, 7) is -0.163. The third-order valence-electron chi connectivity index (χ3n) is 3.36. The number of carbonyl (C=O) groups excluding carboxylic acids is 1. The van der Waals surface area contributed by atoms with Crippen molar-refractivity contribution in [1.29, 1.82) is 0 Å². The van der Waals surface area contributed by atoms with Crippen LogP contribution in [-0.2, 0) is 7.81 Å². The quantitative estimate of drug-likeness (QED) is 0.530. The Morgan fingerprint density at radius 3 is 1.88 bits per heavy atom. The molecular weight excluding hydrogens is 445 g/mol. The molecule has 0 unspecified atom stereocenters. The number of carbonyl (C=O) groups is 1. The van der Waals surface area contributed by atoms with E-state index in [-0.39, 0.29) is 12.6 Å². The van der Waals surface area contributed by atoms with Crippen LogP contribution < -0.4 is 11.8 Å². The van der Waals surface area contributed by atoms with Gasteiger partial charge in [0.15, 0.2) is 0 Å². The molecule has 0 atom stereocenters. The van der Waals surface area contributed by atoms with E-state index in [1.165, 1.54) is 0 Å². The SMILES string of the molecule is O=C(COc1ccccc1Cl)[O][Sb]([c]1ccccc1)[c]1ccccc1. The fraction of sp³-hybridized carbons (Fsp3) is 0.0500. The molecule has 0 aliphatic rings. The average molecular weight is 462 g/mol. The second-order valence-electron chi connectivity index (χ2n) is 5.15. The molecule has 0 fully saturated rings. The molecule has 0 N–H and O–H groups in total. The molecule has 25 heavy (non-hydrogen) atoms. The fourth-order valence-corrected chi connectivity index (χ4v) is 7.11. The maximum atomic E-state index is 12.3. The van der Waals surface area contributed by atoms with E-state index in [1.54, 1.807) is 18.2 Å². The average Bonchev–Trinajstić information content (AvgIpc) is 2.67. The second-order valence-corrected chi connectivity index (χ2v) is 10.7. The van der Waals surface area contributed by atoms with Crippen molar-refractivity contribution in [1.82, 2.24) is 0 Å². The number of para-hydroxylation sites is 1. The molecule has 3 nitrogen and oxygen atoms in total. The van der Waals surface area contributed by atoms with Gasteiger partial charge in [0.05, 0.1) is 0 Å². The maximum absolute atomic E-state index is 12.3. The van der Waals surface area contributed by atoms with Crippen LogP contribution in [0.2, 0.25) is 5.02 Å². The van der Waals surface area contributed by atoms with E-state index in [9.17, 15) is 4.79 Å². The topological polar surface area (TPSA) is 35.5 Å². The molecule has 0 saturated heterocycles. The van der Waals surface area contributed by atoms with E-state index >= 15 is 0 Å². The fourth-order valence-electron chi connectivity index (χ4n) is 2.21. The van der Waals surface area contributed by atoms with Gasteiger partial charge in [-0.05, 0) is 0 Å². The first-order valence-electron chi connectivity index (χ1n) is 7.72. The van der Waals surface area contributed by atoms with E-state index in [1.807, 2.05) is 66.7 Å². The van der Waals surface area contributed by atoms with Gasteiger partial charge in [-0.25, -0.2) is 0 Å². The summed E-state index contributed by atoms with van der Waals surface area (Å²) in [5.41, 5.74) is 0. The van der Waals surface area contributed by atoms with Crippen molar-refractivity contribution in [3.63, 3.8) is 0 Å². The summed E-state index contributed by atoms with van der Waals surface area (Å²) in [6.07, 6.45) is 0. The van der Waals surface area contributed by atoms with E-state index in [2.05, 4.69) is 0 Å². The standard InChI is InChI=1S/C8H7ClO3.2C6H5.Sb/c9-6-3-1-2-4-7(6)12-5-8(10)11;2*1-2-4-6-5-3-1;/h1-4H,5H2,(H,10,11);2*1-5H;/q;;;+1/p-1. The minimum absolute atomic E-state index is 0.163. The first kappa shape index (κ1) is 17.8. The molecule has 0 aromatic heterocycles. The molecule has 0 spiro atoms. The summed E-state index contributed by atoms with van der Waals surface area (Å²) in [5, 5.41) is 0.471. The number of benzene rings is 3. The van der Waals surface area contributed by atoms with Crippen LogP contribution in [0.25, 0.3) is 0 Å². The monoisotopic (exact) mass is 460 g/mol. The molecule has 0 radical (unpaired) electrons. The molecule has 126 valence electrons. The van der Waals surface area contributed by atoms with Crippen molar-refractivity contribution in [2.24, 2.45) is 0 Å². The Morgan fingerprint density at radius 1 is 0.800 bits per heavy atom. The molecule has 0 saturated carbocycles. The first-order valence-corrected chi connectivity index (χ1v) is 11.7. The Balaban J connectivity index is 1.72. The molecule has 0 aliphatic carbocycles. The Kier molecular flexibility index (Phi) is 6.38. The molecule has 0 bridgehead atoms. The first-order chi connectivity index (χ1) is 12.2. The van der Waals surface area contributed by atoms with Crippen LogP contribution in [-0.4, -0.2) is 33.2 Å². The molecule has 3 aromatic carbocycles. The zero-order valence-electron chi connectivity index (χ0n) is 13.3. The van der Waals surface area contributed by atoms with Crippen molar-refractivity contribution in [2.75, 3.05) is 6.61 Å². The minimum atomic E-state index is -2.63. The second kappa shape index (κ2) is 8.94. The molecule has 0 heterocycles. The Bertz CT molecular complexity index is 785. The normalized spacial score (nSPS) is 10.5. The van der Waals surface area contributed by atoms with Crippen LogP contribution >= 0.6 is 11.6 Å². The van der Waals surface area contributed by atoms with Gasteiger partial charge in [0.1, 0.15) is 0 Å². The zero-order chi connectivity index (χ0) is 17.5. The summed E-state index contributed by atoms with van der Waals surface area (Å²) in [6, 6.07) is 26.9. The van der Waals surface area contributed by atoms with E-state index < -0.39 is 20.6 Å². The van der Waals surface area contributed by atoms with Crippen LogP contribution in [0.3, 0.4) is 0 Å². The van der Waals surface area contributed by atoms with Gasteiger partial charge in [-0.15, -0.1) is 0 Å². The van der Waals surface area contributed by atoms with Crippen molar-refractivity contribution in [2.45, 2.75) is 0 Å². The predicted molar refractivity (Wildman–Crippen MR) is 101 cm³/mol. The van der Waals surface area contributed by atoms with Gasteiger partial charge >= 0.3 is 160 Å². The van der Waals surface area contributed by atoms with Crippen molar-refractivity contribution in [3.05, 3.63) is 90.0 Å². The summed E-state index contributed by atoms with van der Waals surface area (Å²) >= 11 is 3.41. The van der Waals surface area contributed by atoms with Crippen LogP contribution in [0, 0.1) is 0 Å². The van der Waals surface area contributed by atoms with Crippen molar-refractivity contribution >= 4 is 45.2 Å². The molecule has 3 rings (SSSR count). The van der Waals surface area contributed by atoms with Gasteiger partial charge < -0.3 is 0 Å². The molecule has 3 aromatic rings. The van der Waals surface area contributed by atoms with Crippen LogP contribution in [0.1, 0.15) is 0 Å². The molecular formula is C20H16ClO3Sb. The third kappa shape index (κ3) is 5.01. The number of halogens is 1. The molecule has 5 heteroatoms. The van der Waals surface area contributed by atoms with Crippen molar-refractivity contribution < 1.29 is 12.5 Å². The van der Waals surface area contributed by atoms with Crippen LogP contribution in [0.15, 0.2) is 84.9 Å². The van der Waals surface area contributed by atoms with E-state index in [0.717, 1.165) is 7.02 Å². The summed E-state index contributed by atoms with van der Waals surface area (Å²) < 4.78 is 13.5. The Labute approximate surface area is 159 Å². The Morgan fingerprint density at radius 2 is 1.32 bits per heavy atom. The summed E-state index contributed by atoms with van der Waals surface area (Å²) in [5.74, 6) is 0.0970. The van der Waals surface area contributed by atoms with Gasteiger partial charge in [0.25, 0.3) is 0 Å². The Hall–Kier alpha value is -1.96. The summed E-state index contributed by atoms with van der Waals surface area (Å²) in [4.78, 5) is 12.3. The molecule has 0 amide bonds. The number of ether oxygens (including phenoxy) is 1. The van der Waals surface area contributed by atoms with Crippen molar-refractivity contribution in [3.8, 4) is 5.75 Å². The van der Waals surface area contributed by atoms with Gasteiger partial charge in [0.2, 0.25) is 0 Å². The van der Waals surface area contributed by atoms with Gasteiger partial charge in [-0.1, -0.05) is 0 Å². The van der Waals surface area contributed by atoms with Crippen LogP contribution in [0.5, 0.6) is 5.75 Å². The zero-order valence-corrected chi connectivity index (χ0v) is 16.6.